The molecule has 3 heterocycles. The van der Waals surface area contributed by atoms with Gasteiger partial charge in [0.25, 0.3) is 5.91 Å². The van der Waals surface area contributed by atoms with Gasteiger partial charge in [-0.15, -0.1) is 0 Å². The molecule has 1 fully saturated rings. The molecular weight excluding hydrogens is 376 g/mol. The summed E-state index contributed by atoms with van der Waals surface area (Å²) < 4.78 is 7.57. The Kier molecular flexibility index (Phi) is 5.33. The van der Waals surface area contributed by atoms with Gasteiger partial charge in [-0.1, -0.05) is 23.7 Å². The van der Waals surface area contributed by atoms with E-state index in [9.17, 15) is 4.79 Å². The molecule has 0 saturated carbocycles. The summed E-state index contributed by atoms with van der Waals surface area (Å²) in [6, 6.07) is 9.40. The molecule has 0 bridgehead atoms. The minimum atomic E-state index is -0.00528. The van der Waals surface area contributed by atoms with Crippen molar-refractivity contribution in [3.8, 4) is 11.4 Å². The maximum absolute atomic E-state index is 12.9. The SMILES string of the molecule is CCOC1CCN(C(=O)c2cnc3c(c2)nc(-c2ccccc2Cl)n3C)CC1. The third-order valence-electron chi connectivity index (χ3n) is 5.20. The van der Waals surface area contributed by atoms with E-state index < -0.39 is 0 Å². The second-order valence-electron chi connectivity index (χ2n) is 6.99. The zero-order valence-corrected chi connectivity index (χ0v) is 16.8. The normalized spacial score (nSPS) is 15.3. The third-order valence-corrected chi connectivity index (χ3v) is 5.53. The van der Waals surface area contributed by atoms with Gasteiger partial charge in [0, 0.05) is 38.5 Å². The van der Waals surface area contributed by atoms with Crippen LogP contribution in [-0.2, 0) is 11.8 Å². The van der Waals surface area contributed by atoms with E-state index in [2.05, 4.69) is 4.98 Å². The molecule has 6 nitrogen and oxygen atoms in total. The number of likely N-dealkylation sites (tertiary alicyclic amines) is 1. The predicted molar refractivity (Wildman–Crippen MR) is 110 cm³/mol. The van der Waals surface area contributed by atoms with Crippen LogP contribution in [0.5, 0.6) is 0 Å². The fourth-order valence-electron chi connectivity index (χ4n) is 3.72. The van der Waals surface area contributed by atoms with Gasteiger partial charge in [0.05, 0.1) is 16.7 Å². The number of rotatable bonds is 4. The fraction of sp³-hybridized carbons (Fsp3) is 0.381. The first-order valence-corrected chi connectivity index (χ1v) is 9.94. The number of amides is 1. The Morgan fingerprint density at radius 3 is 2.75 bits per heavy atom. The number of pyridine rings is 1. The molecule has 1 aliphatic rings. The number of aryl methyl sites for hydroxylation is 1. The van der Waals surface area contributed by atoms with Crippen LogP contribution in [0.25, 0.3) is 22.6 Å². The average Bonchev–Trinajstić information content (AvgIpc) is 3.04. The molecule has 0 N–H and O–H groups in total. The van der Waals surface area contributed by atoms with Crippen LogP contribution in [0, 0.1) is 0 Å². The summed E-state index contributed by atoms with van der Waals surface area (Å²) >= 11 is 6.33. The number of aromatic nitrogens is 3. The lowest BCUT2D eigenvalue weighted by Crippen LogP contribution is -2.40. The van der Waals surface area contributed by atoms with Gasteiger partial charge in [0.2, 0.25) is 0 Å². The van der Waals surface area contributed by atoms with Crippen LogP contribution < -0.4 is 0 Å². The van der Waals surface area contributed by atoms with E-state index in [0.29, 0.717) is 35.8 Å². The first kappa shape index (κ1) is 18.9. The maximum atomic E-state index is 12.9. The van der Waals surface area contributed by atoms with Gasteiger partial charge in [0.1, 0.15) is 11.3 Å². The van der Waals surface area contributed by atoms with Gasteiger partial charge in [-0.2, -0.15) is 0 Å². The first-order valence-electron chi connectivity index (χ1n) is 9.56. The van der Waals surface area contributed by atoms with Crippen LogP contribution in [0.1, 0.15) is 30.1 Å². The highest BCUT2D eigenvalue weighted by atomic mass is 35.5. The quantitative estimate of drug-likeness (QED) is 0.668. The van der Waals surface area contributed by atoms with E-state index in [1.54, 1.807) is 6.20 Å². The van der Waals surface area contributed by atoms with Gasteiger partial charge >= 0.3 is 0 Å². The standard InChI is InChI=1S/C21H23ClN4O2/c1-3-28-15-8-10-26(11-9-15)21(27)14-12-18-20(23-13-14)25(2)19(24-18)16-6-4-5-7-17(16)22/h4-7,12-13,15H,3,8-11H2,1-2H3. The summed E-state index contributed by atoms with van der Waals surface area (Å²) in [7, 11) is 1.90. The highest BCUT2D eigenvalue weighted by Gasteiger charge is 2.25. The highest BCUT2D eigenvalue weighted by molar-refractivity contribution is 6.33. The van der Waals surface area contributed by atoms with Crippen molar-refractivity contribution in [3.63, 3.8) is 0 Å². The number of hydrogen-bond donors (Lipinski definition) is 0. The van der Waals surface area contributed by atoms with Crippen molar-refractivity contribution >= 4 is 28.7 Å². The molecule has 1 aliphatic heterocycles. The monoisotopic (exact) mass is 398 g/mol. The number of carbonyl (C=O) groups is 1. The number of hydrogen-bond acceptors (Lipinski definition) is 4. The Hall–Kier alpha value is -2.44. The van der Waals surface area contributed by atoms with Crippen LogP contribution in [0.2, 0.25) is 5.02 Å². The van der Waals surface area contributed by atoms with Gasteiger partial charge in [-0.3, -0.25) is 4.79 Å². The summed E-state index contributed by atoms with van der Waals surface area (Å²) in [5.74, 6) is 0.726. The molecule has 1 aromatic carbocycles. The lowest BCUT2D eigenvalue weighted by Gasteiger charge is -2.31. The van der Waals surface area contributed by atoms with Crippen LogP contribution >= 0.6 is 11.6 Å². The molecule has 0 radical (unpaired) electrons. The molecule has 0 unspecified atom stereocenters. The third kappa shape index (κ3) is 3.50. The van der Waals surface area contributed by atoms with Crippen LogP contribution in [-0.4, -0.2) is 51.1 Å². The average molecular weight is 399 g/mol. The summed E-state index contributed by atoms with van der Waals surface area (Å²) in [6.45, 7) is 4.12. The molecule has 146 valence electrons. The zero-order valence-electron chi connectivity index (χ0n) is 16.1. The minimum absolute atomic E-state index is 0.00528. The van der Waals surface area contributed by atoms with E-state index in [-0.39, 0.29) is 12.0 Å². The summed E-state index contributed by atoms with van der Waals surface area (Å²) in [6.07, 6.45) is 3.63. The van der Waals surface area contributed by atoms with E-state index in [0.717, 1.165) is 29.9 Å². The molecule has 7 heteroatoms. The maximum Gasteiger partial charge on any atom is 0.255 e. The second-order valence-corrected chi connectivity index (χ2v) is 7.40. The van der Waals surface area contributed by atoms with Crippen molar-refractivity contribution in [2.24, 2.45) is 7.05 Å². The highest BCUT2D eigenvalue weighted by Crippen LogP contribution is 2.29. The Labute approximate surface area is 169 Å². The number of carbonyl (C=O) groups excluding carboxylic acids is 1. The van der Waals surface area contributed by atoms with E-state index in [1.165, 1.54) is 0 Å². The number of imidazole rings is 1. The van der Waals surface area contributed by atoms with E-state index in [4.69, 9.17) is 21.3 Å². The summed E-state index contributed by atoms with van der Waals surface area (Å²) in [5.41, 5.74) is 2.82. The molecule has 0 aliphatic carbocycles. The lowest BCUT2D eigenvalue weighted by atomic mass is 10.1. The topological polar surface area (TPSA) is 60.2 Å². The number of fused-ring (bicyclic) bond motifs is 1. The smallest absolute Gasteiger partial charge is 0.255 e. The van der Waals surface area contributed by atoms with E-state index >= 15 is 0 Å². The van der Waals surface area contributed by atoms with Gasteiger partial charge in [0.15, 0.2) is 5.65 Å². The van der Waals surface area contributed by atoms with Crippen LogP contribution in [0.4, 0.5) is 0 Å². The molecule has 1 saturated heterocycles. The molecule has 2 aromatic heterocycles. The summed E-state index contributed by atoms with van der Waals surface area (Å²) in [5, 5.41) is 0.634. The predicted octanol–water partition coefficient (Wildman–Crippen LogP) is 3.93. The van der Waals surface area contributed by atoms with Crippen LogP contribution in [0.3, 0.4) is 0 Å². The van der Waals surface area contributed by atoms with Crippen molar-refractivity contribution in [3.05, 3.63) is 47.1 Å². The molecule has 4 rings (SSSR count). The number of piperidine rings is 1. The fourth-order valence-corrected chi connectivity index (χ4v) is 3.94. The molecule has 0 atom stereocenters. The van der Waals surface area contributed by atoms with Gasteiger partial charge < -0.3 is 14.2 Å². The van der Waals surface area contributed by atoms with Gasteiger partial charge in [-0.05, 0) is 38.0 Å². The van der Waals surface area contributed by atoms with Crippen molar-refractivity contribution in [2.75, 3.05) is 19.7 Å². The number of benzene rings is 1. The van der Waals surface area contributed by atoms with Gasteiger partial charge in [-0.25, -0.2) is 9.97 Å². The number of ether oxygens (including phenoxy) is 1. The molecular formula is C21H23ClN4O2. The Balaban J connectivity index is 1.60. The molecule has 28 heavy (non-hydrogen) atoms. The number of nitrogens with zero attached hydrogens (tertiary/aromatic N) is 4. The largest absolute Gasteiger partial charge is 0.378 e. The van der Waals surface area contributed by atoms with E-state index in [1.807, 2.05) is 53.8 Å². The number of halogens is 1. The zero-order chi connectivity index (χ0) is 19.7. The van der Waals surface area contributed by atoms with Crippen LogP contribution in [0.15, 0.2) is 36.5 Å². The Morgan fingerprint density at radius 2 is 2.04 bits per heavy atom. The molecule has 0 spiro atoms. The van der Waals surface area contributed by atoms with Crippen molar-refractivity contribution in [1.29, 1.82) is 0 Å². The van der Waals surface area contributed by atoms with Crippen molar-refractivity contribution in [1.82, 2.24) is 19.4 Å². The Bertz CT molecular complexity index is 1010. The minimum Gasteiger partial charge on any atom is -0.378 e. The lowest BCUT2D eigenvalue weighted by molar-refractivity contribution is 0.0146. The second kappa shape index (κ2) is 7.89. The van der Waals surface area contributed by atoms with Crippen molar-refractivity contribution in [2.45, 2.75) is 25.9 Å². The first-order chi connectivity index (χ1) is 13.6. The molecule has 3 aromatic rings. The molecule has 1 amide bonds. The Morgan fingerprint density at radius 1 is 1.29 bits per heavy atom. The summed E-state index contributed by atoms with van der Waals surface area (Å²) in [4.78, 5) is 24.0. The van der Waals surface area contributed by atoms with Crippen molar-refractivity contribution < 1.29 is 9.53 Å².